The number of likely N-dealkylation sites (tertiary alicyclic amines) is 1. The summed E-state index contributed by atoms with van der Waals surface area (Å²) in [5.41, 5.74) is 0. The second-order valence-electron chi connectivity index (χ2n) is 3.99. The molecule has 1 amide bonds. The summed E-state index contributed by atoms with van der Waals surface area (Å²) in [6.07, 6.45) is 2.44. The summed E-state index contributed by atoms with van der Waals surface area (Å²) in [5, 5.41) is 18.5. The van der Waals surface area contributed by atoms with Gasteiger partial charge in [-0.15, -0.1) is 0 Å². The highest BCUT2D eigenvalue weighted by Crippen LogP contribution is 2.36. The van der Waals surface area contributed by atoms with Crippen LogP contribution >= 0.6 is 0 Å². The molecule has 0 radical (unpaired) electrons. The monoisotopic (exact) mass is 185 g/mol. The largest absolute Gasteiger partial charge is 0.465 e. The fourth-order valence-electron chi connectivity index (χ4n) is 2.68. The summed E-state index contributed by atoms with van der Waals surface area (Å²) in [7, 11) is 0. The van der Waals surface area contributed by atoms with Crippen LogP contribution in [0.25, 0.3) is 0 Å². The first-order chi connectivity index (χ1) is 6.20. The molecule has 1 saturated heterocycles. The van der Waals surface area contributed by atoms with E-state index >= 15 is 0 Å². The highest BCUT2D eigenvalue weighted by molar-refractivity contribution is 5.66. The summed E-state index contributed by atoms with van der Waals surface area (Å²) in [6, 6.07) is 0.0845. The van der Waals surface area contributed by atoms with Crippen LogP contribution in [0.5, 0.6) is 0 Å². The minimum absolute atomic E-state index is 0.0845. The van der Waals surface area contributed by atoms with E-state index in [9.17, 15) is 9.90 Å². The smallest absolute Gasteiger partial charge is 0.407 e. The highest BCUT2D eigenvalue weighted by Gasteiger charge is 2.42. The van der Waals surface area contributed by atoms with Gasteiger partial charge in [0, 0.05) is 18.5 Å². The number of rotatable bonds is 0. The summed E-state index contributed by atoms with van der Waals surface area (Å²) < 4.78 is 0. The van der Waals surface area contributed by atoms with Crippen molar-refractivity contribution in [3.05, 3.63) is 0 Å². The van der Waals surface area contributed by atoms with Gasteiger partial charge < -0.3 is 15.1 Å². The Morgan fingerprint density at radius 1 is 1.31 bits per heavy atom. The Bertz CT molecular complexity index is 219. The molecule has 1 aliphatic carbocycles. The fourth-order valence-corrected chi connectivity index (χ4v) is 2.68. The highest BCUT2D eigenvalue weighted by atomic mass is 16.4. The summed E-state index contributed by atoms with van der Waals surface area (Å²) >= 11 is 0. The minimum atomic E-state index is -0.832. The van der Waals surface area contributed by atoms with Crippen molar-refractivity contribution in [2.45, 2.75) is 37.8 Å². The maximum atomic E-state index is 10.8. The van der Waals surface area contributed by atoms with Gasteiger partial charge in [0.05, 0.1) is 6.10 Å². The van der Waals surface area contributed by atoms with Gasteiger partial charge in [-0.3, -0.25) is 0 Å². The number of carbonyl (C=O) groups is 1. The van der Waals surface area contributed by atoms with E-state index in [2.05, 4.69) is 0 Å². The lowest BCUT2D eigenvalue weighted by molar-refractivity contribution is 0.0425. The Morgan fingerprint density at radius 3 is 2.77 bits per heavy atom. The second kappa shape index (κ2) is 3.18. The molecule has 74 valence electrons. The van der Waals surface area contributed by atoms with Crippen molar-refractivity contribution >= 4 is 6.09 Å². The van der Waals surface area contributed by atoms with Crippen LogP contribution in [0.4, 0.5) is 4.79 Å². The van der Waals surface area contributed by atoms with Crippen molar-refractivity contribution in [2.75, 3.05) is 6.54 Å². The van der Waals surface area contributed by atoms with Crippen molar-refractivity contribution in [1.82, 2.24) is 4.90 Å². The van der Waals surface area contributed by atoms with Crippen molar-refractivity contribution in [3.63, 3.8) is 0 Å². The van der Waals surface area contributed by atoms with Gasteiger partial charge in [0.2, 0.25) is 0 Å². The standard InChI is InChI=1S/C9H15NO3/c11-8-3-1-2-7-6(8)4-5-10(7)9(12)13/h6-8,11H,1-5H2,(H,12,13)/t6-,7-,8+/m1/s1. The molecule has 2 aliphatic rings. The molecule has 0 spiro atoms. The molecule has 1 heterocycles. The molecule has 2 N–H and O–H groups in total. The third kappa shape index (κ3) is 1.39. The average molecular weight is 185 g/mol. The quantitative estimate of drug-likeness (QED) is 0.589. The zero-order chi connectivity index (χ0) is 9.42. The molecule has 0 aromatic heterocycles. The summed E-state index contributed by atoms with van der Waals surface area (Å²) in [5.74, 6) is 0.199. The van der Waals surface area contributed by atoms with Crippen molar-refractivity contribution < 1.29 is 15.0 Å². The predicted molar refractivity (Wildman–Crippen MR) is 46.5 cm³/mol. The number of fused-ring (bicyclic) bond motifs is 1. The van der Waals surface area contributed by atoms with E-state index in [0.29, 0.717) is 6.54 Å². The van der Waals surface area contributed by atoms with Gasteiger partial charge in [0.15, 0.2) is 0 Å². The minimum Gasteiger partial charge on any atom is -0.465 e. The maximum Gasteiger partial charge on any atom is 0.407 e. The van der Waals surface area contributed by atoms with Gasteiger partial charge in [-0.25, -0.2) is 4.79 Å². The molecule has 4 heteroatoms. The molecular formula is C9H15NO3. The lowest BCUT2D eigenvalue weighted by Crippen LogP contribution is -2.42. The topological polar surface area (TPSA) is 60.8 Å². The number of nitrogens with zero attached hydrogens (tertiary/aromatic N) is 1. The third-order valence-electron chi connectivity index (χ3n) is 3.34. The normalized spacial score (nSPS) is 38.8. The molecule has 4 nitrogen and oxygen atoms in total. The number of aliphatic hydroxyl groups is 1. The first kappa shape index (κ1) is 8.81. The Morgan fingerprint density at radius 2 is 2.08 bits per heavy atom. The number of hydrogen-bond donors (Lipinski definition) is 2. The van der Waals surface area contributed by atoms with Crippen LogP contribution in [-0.2, 0) is 0 Å². The summed E-state index contributed by atoms with van der Waals surface area (Å²) in [6.45, 7) is 0.599. The number of carboxylic acid groups (broad SMARTS) is 1. The van der Waals surface area contributed by atoms with Gasteiger partial charge >= 0.3 is 6.09 Å². The molecule has 1 saturated carbocycles. The Labute approximate surface area is 77.2 Å². The molecule has 2 rings (SSSR count). The van der Waals surface area contributed by atoms with Gasteiger partial charge in [-0.2, -0.15) is 0 Å². The van der Waals surface area contributed by atoms with Crippen molar-refractivity contribution in [1.29, 1.82) is 0 Å². The average Bonchev–Trinajstić information content (AvgIpc) is 2.48. The fraction of sp³-hybridized carbons (Fsp3) is 0.889. The molecule has 0 unspecified atom stereocenters. The van der Waals surface area contributed by atoms with Crippen LogP contribution in [0, 0.1) is 5.92 Å². The van der Waals surface area contributed by atoms with E-state index in [1.807, 2.05) is 0 Å². The number of aliphatic hydroxyl groups excluding tert-OH is 1. The molecule has 2 fully saturated rings. The van der Waals surface area contributed by atoms with Crippen LogP contribution in [0.15, 0.2) is 0 Å². The first-order valence-electron chi connectivity index (χ1n) is 4.88. The Kier molecular flexibility index (Phi) is 2.15. The van der Waals surface area contributed by atoms with Gasteiger partial charge in [-0.05, 0) is 25.7 Å². The summed E-state index contributed by atoms with van der Waals surface area (Å²) in [4.78, 5) is 12.3. The van der Waals surface area contributed by atoms with Crippen LogP contribution in [0.1, 0.15) is 25.7 Å². The SMILES string of the molecule is O=C(O)N1CC[C@@H]2[C@H]1CCC[C@@H]2O. The van der Waals surface area contributed by atoms with Crippen molar-refractivity contribution in [2.24, 2.45) is 5.92 Å². The van der Waals surface area contributed by atoms with Gasteiger partial charge in [0.25, 0.3) is 0 Å². The Balaban J connectivity index is 2.10. The molecule has 0 aromatic carbocycles. The maximum absolute atomic E-state index is 10.8. The molecule has 3 atom stereocenters. The Hall–Kier alpha value is -0.770. The lowest BCUT2D eigenvalue weighted by atomic mass is 9.83. The zero-order valence-corrected chi connectivity index (χ0v) is 7.52. The number of amides is 1. The zero-order valence-electron chi connectivity index (χ0n) is 7.52. The van der Waals surface area contributed by atoms with E-state index in [4.69, 9.17) is 5.11 Å². The van der Waals surface area contributed by atoms with E-state index < -0.39 is 6.09 Å². The van der Waals surface area contributed by atoms with Crippen molar-refractivity contribution in [3.8, 4) is 0 Å². The van der Waals surface area contributed by atoms with Gasteiger partial charge in [-0.1, -0.05) is 0 Å². The van der Waals surface area contributed by atoms with Crippen LogP contribution in [0.2, 0.25) is 0 Å². The van der Waals surface area contributed by atoms with E-state index in [1.165, 1.54) is 4.90 Å². The predicted octanol–water partition coefficient (Wildman–Crippen LogP) is 0.900. The van der Waals surface area contributed by atoms with E-state index in [0.717, 1.165) is 25.7 Å². The lowest BCUT2D eigenvalue weighted by Gasteiger charge is -2.33. The van der Waals surface area contributed by atoms with Gasteiger partial charge in [0.1, 0.15) is 0 Å². The van der Waals surface area contributed by atoms with Crippen LogP contribution < -0.4 is 0 Å². The second-order valence-corrected chi connectivity index (χ2v) is 3.99. The third-order valence-corrected chi connectivity index (χ3v) is 3.34. The van der Waals surface area contributed by atoms with E-state index in [-0.39, 0.29) is 18.1 Å². The molecule has 0 aromatic rings. The van der Waals surface area contributed by atoms with E-state index in [1.54, 1.807) is 0 Å². The molecule has 1 aliphatic heterocycles. The molecule has 0 bridgehead atoms. The van der Waals surface area contributed by atoms with Crippen LogP contribution in [-0.4, -0.2) is 39.9 Å². The number of hydrogen-bond acceptors (Lipinski definition) is 2. The molecule has 13 heavy (non-hydrogen) atoms. The first-order valence-corrected chi connectivity index (χ1v) is 4.88. The van der Waals surface area contributed by atoms with Crippen LogP contribution in [0.3, 0.4) is 0 Å². The molecular weight excluding hydrogens is 170 g/mol.